The van der Waals surface area contributed by atoms with E-state index in [0.717, 1.165) is 53.2 Å². The monoisotopic (exact) mass is 424 g/mol. The Kier molecular flexibility index (Phi) is 6.32. The number of benzene rings is 2. The normalized spacial score (nSPS) is 13.1. The number of hydrogen-bond donors (Lipinski definition) is 4. The highest BCUT2D eigenvalue weighted by Gasteiger charge is 2.16. The molecule has 1 aliphatic heterocycles. The van der Waals surface area contributed by atoms with E-state index >= 15 is 0 Å². The van der Waals surface area contributed by atoms with E-state index in [1.807, 2.05) is 22.8 Å². The minimum atomic E-state index is -0.124. The van der Waals surface area contributed by atoms with Gasteiger partial charge in [0.1, 0.15) is 5.82 Å². The molecule has 4 N–H and O–H groups in total. The molecule has 30 heavy (non-hydrogen) atoms. The van der Waals surface area contributed by atoms with Gasteiger partial charge < -0.3 is 9.67 Å². The van der Waals surface area contributed by atoms with E-state index < -0.39 is 0 Å². The second-order valence-electron chi connectivity index (χ2n) is 7.18. The maximum atomic E-state index is 9.77. The van der Waals surface area contributed by atoms with Crippen molar-refractivity contribution < 1.29 is 5.11 Å². The molecule has 0 saturated carbocycles. The zero-order valence-corrected chi connectivity index (χ0v) is 17.6. The topological polar surface area (TPSA) is 86.5 Å². The summed E-state index contributed by atoms with van der Waals surface area (Å²) in [6.45, 7) is 2.65. The van der Waals surface area contributed by atoms with Gasteiger partial charge >= 0.3 is 0 Å². The summed E-state index contributed by atoms with van der Waals surface area (Å²) in [6, 6.07) is 16.5. The Bertz CT molecular complexity index is 1040. The molecule has 156 valence electrons. The molecule has 1 aliphatic rings. The SMILES string of the molecule is CCCCc1nc(Cl)c(CO)n1Cc1ccc(-c2ccccc2C2=NNNN2)cc1. The number of amidine groups is 1. The van der Waals surface area contributed by atoms with Gasteiger partial charge in [0.25, 0.3) is 0 Å². The minimum Gasteiger partial charge on any atom is -0.390 e. The van der Waals surface area contributed by atoms with E-state index in [1.165, 1.54) is 0 Å². The first-order valence-electron chi connectivity index (χ1n) is 10.1. The van der Waals surface area contributed by atoms with Crippen LogP contribution in [0.25, 0.3) is 11.1 Å². The second kappa shape index (κ2) is 9.30. The lowest BCUT2D eigenvalue weighted by atomic mass is 9.98. The maximum absolute atomic E-state index is 9.77. The van der Waals surface area contributed by atoms with Crippen LogP contribution in [0.15, 0.2) is 53.6 Å². The molecule has 3 aromatic rings. The third-order valence-corrected chi connectivity index (χ3v) is 5.50. The zero-order chi connectivity index (χ0) is 20.9. The van der Waals surface area contributed by atoms with Crippen LogP contribution in [-0.2, 0) is 19.6 Å². The van der Waals surface area contributed by atoms with Gasteiger partial charge in [0.2, 0.25) is 0 Å². The maximum Gasteiger partial charge on any atom is 0.171 e. The number of aryl methyl sites for hydroxylation is 1. The Balaban J connectivity index is 1.60. The molecule has 4 rings (SSSR count). The Labute approximate surface area is 180 Å². The predicted molar refractivity (Wildman–Crippen MR) is 119 cm³/mol. The molecule has 0 bridgehead atoms. The van der Waals surface area contributed by atoms with Crippen molar-refractivity contribution >= 4 is 17.4 Å². The molecule has 0 atom stereocenters. The molecule has 0 fully saturated rings. The lowest BCUT2D eigenvalue weighted by Gasteiger charge is -2.13. The van der Waals surface area contributed by atoms with Gasteiger partial charge in [0.05, 0.1) is 12.3 Å². The summed E-state index contributed by atoms with van der Waals surface area (Å²) in [4.78, 5) is 4.47. The standard InChI is InChI=1S/C22H25ClN6O/c1-2-3-8-20-24-21(23)19(14-30)29(20)13-15-9-11-16(12-10-15)17-6-4-5-7-18(17)22-25-27-28-26-22/h4-7,9-12,27-28,30H,2-3,8,13-14H2,1H3,(H,25,26). The summed E-state index contributed by atoms with van der Waals surface area (Å²) in [5.74, 6) is 1.67. The number of rotatable bonds is 8. The van der Waals surface area contributed by atoms with Gasteiger partial charge in [-0.25, -0.2) is 10.5 Å². The molecule has 1 aromatic heterocycles. The number of halogens is 1. The number of aromatic nitrogens is 2. The fraction of sp³-hybridized carbons (Fsp3) is 0.273. The molecule has 0 radical (unpaired) electrons. The molecule has 0 amide bonds. The Hall–Kier alpha value is -2.87. The molecule has 0 aliphatic carbocycles. The summed E-state index contributed by atoms with van der Waals surface area (Å²) in [7, 11) is 0. The lowest BCUT2D eigenvalue weighted by Crippen LogP contribution is -2.35. The first-order chi connectivity index (χ1) is 14.7. The van der Waals surface area contributed by atoms with E-state index in [2.05, 4.69) is 63.8 Å². The highest BCUT2D eigenvalue weighted by atomic mass is 35.5. The van der Waals surface area contributed by atoms with Crippen molar-refractivity contribution in [2.24, 2.45) is 5.10 Å². The van der Waals surface area contributed by atoms with E-state index in [1.54, 1.807) is 0 Å². The van der Waals surface area contributed by atoms with Crippen LogP contribution >= 0.6 is 11.6 Å². The number of aliphatic hydroxyl groups excluding tert-OH is 1. The number of hydrazine groups is 2. The smallest absolute Gasteiger partial charge is 0.171 e. The van der Waals surface area contributed by atoms with Crippen LogP contribution in [-0.4, -0.2) is 20.5 Å². The molecule has 8 heteroatoms. The van der Waals surface area contributed by atoms with Crippen molar-refractivity contribution in [1.82, 2.24) is 26.0 Å². The van der Waals surface area contributed by atoms with Crippen molar-refractivity contribution in [2.45, 2.75) is 39.3 Å². The minimum absolute atomic E-state index is 0.124. The molecule has 0 unspecified atom stereocenters. The predicted octanol–water partition coefficient (Wildman–Crippen LogP) is 3.36. The quantitative estimate of drug-likeness (QED) is 0.445. The van der Waals surface area contributed by atoms with Crippen LogP contribution in [0.1, 0.15) is 42.4 Å². The molecular weight excluding hydrogens is 400 g/mol. The van der Waals surface area contributed by atoms with Crippen LogP contribution in [0.5, 0.6) is 0 Å². The van der Waals surface area contributed by atoms with E-state index in [4.69, 9.17) is 11.6 Å². The number of hydrazone groups is 1. The second-order valence-corrected chi connectivity index (χ2v) is 7.54. The van der Waals surface area contributed by atoms with E-state index in [-0.39, 0.29) is 6.61 Å². The van der Waals surface area contributed by atoms with Crippen molar-refractivity contribution in [2.75, 3.05) is 0 Å². The van der Waals surface area contributed by atoms with Crippen LogP contribution < -0.4 is 16.5 Å². The average Bonchev–Trinajstić information content (AvgIpc) is 3.41. The molecule has 0 saturated heterocycles. The van der Waals surface area contributed by atoms with Crippen molar-refractivity contribution in [3.63, 3.8) is 0 Å². The fourth-order valence-corrected chi connectivity index (χ4v) is 3.87. The molecule has 0 spiro atoms. The van der Waals surface area contributed by atoms with Crippen molar-refractivity contribution in [1.29, 1.82) is 0 Å². The van der Waals surface area contributed by atoms with Gasteiger partial charge in [-0.1, -0.05) is 73.5 Å². The van der Waals surface area contributed by atoms with Gasteiger partial charge in [-0.05, 0) is 23.1 Å². The average molecular weight is 425 g/mol. The Morgan fingerprint density at radius 2 is 1.83 bits per heavy atom. The van der Waals surface area contributed by atoms with Crippen LogP contribution in [0.4, 0.5) is 0 Å². The molecular formula is C22H25ClN6O. The first kappa shape index (κ1) is 20.4. The number of imidazole rings is 1. The Morgan fingerprint density at radius 3 is 2.50 bits per heavy atom. The van der Waals surface area contributed by atoms with Crippen molar-refractivity contribution in [3.8, 4) is 11.1 Å². The summed E-state index contributed by atoms with van der Waals surface area (Å²) >= 11 is 6.26. The number of nitrogens with one attached hydrogen (secondary N) is 3. The van der Waals surface area contributed by atoms with Crippen LogP contribution in [0.2, 0.25) is 5.15 Å². The van der Waals surface area contributed by atoms with Gasteiger partial charge in [0, 0.05) is 18.5 Å². The third-order valence-electron chi connectivity index (χ3n) is 5.20. The number of aliphatic hydroxyl groups is 1. The molecule has 2 heterocycles. The van der Waals surface area contributed by atoms with Crippen LogP contribution in [0, 0.1) is 0 Å². The van der Waals surface area contributed by atoms with Gasteiger partial charge in [-0.3, -0.25) is 5.43 Å². The highest BCUT2D eigenvalue weighted by molar-refractivity contribution is 6.30. The summed E-state index contributed by atoms with van der Waals surface area (Å²) < 4.78 is 2.04. The number of hydrogen-bond acceptors (Lipinski definition) is 6. The van der Waals surface area contributed by atoms with E-state index in [0.29, 0.717) is 17.4 Å². The zero-order valence-electron chi connectivity index (χ0n) is 16.8. The third kappa shape index (κ3) is 4.18. The van der Waals surface area contributed by atoms with Gasteiger partial charge in [-0.15, -0.1) is 10.6 Å². The van der Waals surface area contributed by atoms with Gasteiger partial charge in [0.15, 0.2) is 11.0 Å². The fourth-order valence-electron chi connectivity index (χ4n) is 3.61. The van der Waals surface area contributed by atoms with Crippen molar-refractivity contribution in [3.05, 3.63) is 76.3 Å². The molecule has 2 aromatic carbocycles. The lowest BCUT2D eigenvalue weighted by molar-refractivity contribution is 0.271. The molecule has 7 nitrogen and oxygen atoms in total. The summed E-state index contributed by atoms with van der Waals surface area (Å²) in [6.07, 6.45) is 2.96. The number of unbranched alkanes of at least 4 members (excludes halogenated alkanes) is 1. The van der Waals surface area contributed by atoms with E-state index in [9.17, 15) is 5.11 Å². The largest absolute Gasteiger partial charge is 0.390 e. The van der Waals surface area contributed by atoms with Crippen LogP contribution in [0.3, 0.4) is 0 Å². The number of nitrogens with zero attached hydrogens (tertiary/aromatic N) is 3. The van der Waals surface area contributed by atoms with Gasteiger partial charge in [-0.2, -0.15) is 0 Å². The summed E-state index contributed by atoms with van der Waals surface area (Å²) in [5, 5.41) is 14.4. The first-order valence-corrected chi connectivity index (χ1v) is 10.5. The highest BCUT2D eigenvalue weighted by Crippen LogP contribution is 2.26. The Morgan fingerprint density at radius 1 is 1.07 bits per heavy atom. The summed E-state index contributed by atoms with van der Waals surface area (Å²) in [5.41, 5.74) is 13.5.